The van der Waals surface area contributed by atoms with E-state index in [1.54, 1.807) is 19.9 Å². The second kappa shape index (κ2) is 7.67. The van der Waals surface area contributed by atoms with Crippen molar-refractivity contribution in [2.45, 2.75) is 26.7 Å². The molecule has 20 heavy (non-hydrogen) atoms. The van der Waals surface area contributed by atoms with Gasteiger partial charge in [-0.25, -0.2) is 0 Å². The van der Waals surface area contributed by atoms with Gasteiger partial charge in [0.25, 0.3) is 0 Å². The Labute approximate surface area is 118 Å². The van der Waals surface area contributed by atoms with E-state index < -0.39 is 17.8 Å². The lowest BCUT2D eigenvalue weighted by molar-refractivity contribution is -0.147. The van der Waals surface area contributed by atoms with E-state index in [2.05, 4.69) is 10.6 Å². The number of carbonyl (C=O) groups is 3. The van der Waals surface area contributed by atoms with Gasteiger partial charge in [0.1, 0.15) is 0 Å². The molecule has 0 heterocycles. The highest BCUT2D eigenvalue weighted by atomic mass is 16.4. The summed E-state index contributed by atoms with van der Waals surface area (Å²) in [5, 5.41) is 14.5. The van der Waals surface area contributed by atoms with E-state index in [9.17, 15) is 14.4 Å². The standard InChI is InChI=1S/C14H22N2O4/c1-9(2)12(17)15-7-8-16-13(18)10-5-3-4-6-11(10)14(19)20/h3-4,9-11H,5-8H2,1-2H3,(H,15,17)(H,16,18)(H,19,20)/t10-,11+/m1/s1. The van der Waals surface area contributed by atoms with E-state index in [0.29, 0.717) is 25.9 Å². The molecule has 0 saturated heterocycles. The number of carboxylic acids is 1. The second-order valence-corrected chi connectivity index (χ2v) is 5.23. The Kier molecular flexibility index (Phi) is 6.21. The monoisotopic (exact) mass is 282 g/mol. The predicted octanol–water partition coefficient (Wildman–Crippen LogP) is 0.542. The van der Waals surface area contributed by atoms with Gasteiger partial charge in [0.15, 0.2) is 0 Å². The molecular weight excluding hydrogens is 260 g/mol. The van der Waals surface area contributed by atoms with Gasteiger partial charge in [-0.1, -0.05) is 26.0 Å². The lowest BCUT2D eigenvalue weighted by Crippen LogP contribution is -2.42. The number of allylic oxidation sites excluding steroid dienone is 2. The van der Waals surface area contributed by atoms with E-state index in [-0.39, 0.29) is 17.7 Å². The number of aliphatic carboxylic acids is 1. The minimum atomic E-state index is -0.942. The molecule has 1 aliphatic carbocycles. The summed E-state index contributed by atoms with van der Waals surface area (Å²) >= 11 is 0. The molecule has 3 N–H and O–H groups in total. The topological polar surface area (TPSA) is 95.5 Å². The van der Waals surface area contributed by atoms with Gasteiger partial charge in [-0.2, -0.15) is 0 Å². The fourth-order valence-electron chi connectivity index (χ4n) is 2.08. The molecule has 0 fully saturated rings. The Balaban J connectivity index is 2.36. The van der Waals surface area contributed by atoms with Gasteiger partial charge in [0, 0.05) is 19.0 Å². The predicted molar refractivity (Wildman–Crippen MR) is 73.8 cm³/mol. The van der Waals surface area contributed by atoms with Crippen molar-refractivity contribution in [3.05, 3.63) is 12.2 Å². The number of hydrogen-bond donors (Lipinski definition) is 3. The SMILES string of the molecule is CC(C)C(=O)NCCNC(=O)[C@@H]1CC=CC[C@@H]1C(=O)O. The smallest absolute Gasteiger partial charge is 0.307 e. The van der Waals surface area contributed by atoms with Crippen LogP contribution in [0.25, 0.3) is 0 Å². The first-order valence-corrected chi connectivity index (χ1v) is 6.86. The molecule has 0 aromatic carbocycles. The third-order valence-corrected chi connectivity index (χ3v) is 3.33. The molecule has 0 aromatic heterocycles. The van der Waals surface area contributed by atoms with Gasteiger partial charge in [-0.3, -0.25) is 14.4 Å². The van der Waals surface area contributed by atoms with Crippen LogP contribution in [-0.4, -0.2) is 36.0 Å². The first kappa shape index (κ1) is 16.2. The molecule has 0 bridgehead atoms. The molecule has 112 valence electrons. The zero-order valence-electron chi connectivity index (χ0n) is 11.9. The van der Waals surface area contributed by atoms with Crippen LogP contribution in [0.1, 0.15) is 26.7 Å². The summed E-state index contributed by atoms with van der Waals surface area (Å²) in [6, 6.07) is 0. The van der Waals surface area contributed by atoms with Gasteiger partial charge in [-0.15, -0.1) is 0 Å². The van der Waals surface area contributed by atoms with Crippen molar-refractivity contribution in [2.75, 3.05) is 13.1 Å². The van der Waals surface area contributed by atoms with E-state index in [4.69, 9.17) is 5.11 Å². The van der Waals surface area contributed by atoms with E-state index in [1.165, 1.54) is 0 Å². The van der Waals surface area contributed by atoms with Crippen LogP contribution in [0.2, 0.25) is 0 Å². The first-order chi connectivity index (χ1) is 9.43. The molecule has 0 radical (unpaired) electrons. The Morgan fingerprint density at radius 3 is 2.20 bits per heavy atom. The number of amides is 2. The summed E-state index contributed by atoms with van der Waals surface area (Å²) in [6.45, 7) is 4.24. The third-order valence-electron chi connectivity index (χ3n) is 3.33. The minimum absolute atomic E-state index is 0.0664. The van der Waals surface area contributed by atoms with Crippen molar-refractivity contribution in [2.24, 2.45) is 17.8 Å². The van der Waals surface area contributed by atoms with Crippen molar-refractivity contribution >= 4 is 17.8 Å². The van der Waals surface area contributed by atoms with Crippen LogP contribution in [-0.2, 0) is 14.4 Å². The highest BCUT2D eigenvalue weighted by Crippen LogP contribution is 2.25. The van der Waals surface area contributed by atoms with Gasteiger partial charge >= 0.3 is 5.97 Å². The number of hydrogen-bond acceptors (Lipinski definition) is 3. The van der Waals surface area contributed by atoms with Crippen molar-refractivity contribution in [1.29, 1.82) is 0 Å². The number of rotatable bonds is 6. The van der Waals surface area contributed by atoms with Crippen LogP contribution in [0.5, 0.6) is 0 Å². The highest BCUT2D eigenvalue weighted by Gasteiger charge is 2.33. The zero-order valence-corrected chi connectivity index (χ0v) is 11.9. The summed E-state index contributed by atoms with van der Waals surface area (Å²) < 4.78 is 0. The summed E-state index contributed by atoms with van der Waals surface area (Å²) in [6.07, 6.45) is 4.47. The molecular formula is C14H22N2O4. The fraction of sp³-hybridized carbons (Fsp3) is 0.643. The van der Waals surface area contributed by atoms with Crippen LogP contribution < -0.4 is 10.6 Å². The van der Waals surface area contributed by atoms with Gasteiger partial charge in [0.05, 0.1) is 11.8 Å². The fourth-order valence-corrected chi connectivity index (χ4v) is 2.08. The number of carboxylic acid groups (broad SMARTS) is 1. The molecule has 2 atom stereocenters. The van der Waals surface area contributed by atoms with Crippen LogP contribution >= 0.6 is 0 Å². The first-order valence-electron chi connectivity index (χ1n) is 6.86. The largest absolute Gasteiger partial charge is 0.481 e. The van der Waals surface area contributed by atoms with E-state index in [0.717, 1.165) is 0 Å². The van der Waals surface area contributed by atoms with Gasteiger partial charge in [0.2, 0.25) is 11.8 Å². The summed E-state index contributed by atoms with van der Waals surface area (Å²) in [7, 11) is 0. The Hall–Kier alpha value is -1.85. The minimum Gasteiger partial charge on any atom is -0.481 e. The van der Waals surface area contributed by atoms with Crippen molar-refractivity contribution in [1.82, 2.24) is 10.6 Å². The Morgan fingerprint density at radius 1 is 1.10 bits per heavy atom. The summed E-state index contributed by atoms with van der Waals surface area (Å²) in [5.74, 6) is -2.56. The van der Waals surface area contributed by atoms with E-state index in [1.807, 2.05) is 6.08 Å². The maximum absolute atomic E-state index is 12.0. The number of carbonyl (C=O) groups excluding carboxylic acids is 2. The van der Waals surface area contributed by atoms with Crippen LogP contribution in [0.4, 0.5) is 0 Å². The van der Waals surface area contributed by atoms with Gasteiger partial charge in [-0.05, 0) is 12.8 Å². The van der Waals surface area contributed by atoms with Gasteiger partial charge < -0.3 is 15.7 Å². The quantitative estimate of drug-likeness (QED) is 0.489. The highest BCUT2D eigenvalue weighted by molar-refractivity contribution is 5.85. The average Bonchev–Trinajstić information content (AvgIpc) is 2.42. The lowest BCUT2D eigenvalue weighted by Gasteiger charge is -2.24. The molecule has 1 rings (SSSR count). The van der Waals surface area contributed by atoms with Crippen molar-refractivity contribution < 1.29 is 19.5 Å². The van der Waals surface area contributed by atoms with Crippen LogP contribution in [0.15, 0.2) is 12.2 Å². The molecule has 2 amide bonds. The lowest BCUT2D eigenvalue weighted by atomic mass is 9.82. The van der Waals surface area contributed by atoms with Crippen molar-refractivity contribution in [3.63, 3.8) is 0 Å². The average molecular weight is 282 g/mol. The molecule has 0 aromatic rings. The molecule has 0 aliphatic heterocycles. The van der Waals surface area contributed by atoms with Crippen LogP contribution in [0, 0.1) is 17.8 Å². The zero-order chi connectivity index (χ0) is 15.1. The Morgan fingerprint density at radius 2 is 1.65 bits per heavy atom. The van der Waals surface area contributed by atoms with E-state index >= 15 is 0 Å². The third kappa shape index (κ3) is 4.68. The summed E-state index contributed by atoms with van der Waals surface area (Å²) in [5.41, 5.74) is 0. The molecule has 0 saturated carbocycles. The molecule has 1 aliphatic rings. The van der Waals surface area contributed by atoms with Crippen LogP contribution in [0.3, 0.4) is 0 Å². The molecule has 6 nitrogen and oxygen atoms in total. The van der Waals surface area contributed by atoms with Crippen molar-refractivity contribution in [3.8, 4) is 0 Å². The molecule has 6 heteroatoms. The molecule has 0 spiro atoms. The summed E-state index contributed by atoms with van der Waals surface area (Å²) in [4.78, 5) is 34.4. The maximum atomic E-state index is 12.0. The molecule has 0 unspecified atom stereocenters. The number of nitrogens with one attached hydrogen (secondary N) is 2. The maximum Gasteiger partial charge on any atom is 0.307 e. The Bertz CT molecular complexity index is 404. The second-order valence-electron chi connectivity index (χ2n) is 5.23. The normalized spacial score (nSPS) is 21.6.